The van der Waals surface area contributed by atoms with Crippen LogP contribution in [-0.4, -0.2) is 37.6 Å². The monoisotopic (exact) mass is 307 g/mol. The number of benzene rings is 1. The maximum atomic E-state index is 11.9. The number of ketones is 1. The van der Waals surface area contributed by atoms with Gasteiger partial charge in [-0.3, -0.25) is 9.59 Å². The van der Waals surface area contributed by atoms with E-state index in [0.717, 1.165) is 4.90 Å². The quantitative estimate of drug-likeness (QED) is 0.634. The predicted molar refractivity (Wildman–Crippen MR) is 65.0 cm³/mol. The standard InChI is InChI=1S/C12H9ClF3NO3/c13-7-1-2-9-8(5-7)10(18)11(19)17(9)3-4-20-6-12(14,15)16/h1-2,5H,3-4,6H2. The van der Waals surface area contributed by atoms with Gasteiger partial charge in [-0.25, -0.2) is 0 Å². The van der Waals surface area contributed by atoms with Crippen LogP contribution < -0.4 is 4.90 Å². The SMILES string of the molecule is O=C1C(=O)N(CCOCC(F)(F)F)c2ccc(Cl)cc21. The first kappa shape index (κ1) is 14.8. The fourth-order valence-electron chi connectivity index (χ4n) is 1.84. The molecule has 1 amide bonds. The first-order valence-electron chi connectivity index (χ1n) is 5.60. The molecule has 20 heavy (non-hydrogen) atoms. The van der Waals surface area contributed by atoms with Crippen LogP contribution in [0.5, 0.6) is 0 Å². The predicted octanol–water partition coefficient (Wildman–Crippen LogP) is 2.45. The molecule has 0 radical (unpaired) electrons. The molecule has 1 aliphatic rings. The van der Waals surface area contributed by atoms with Crippen LogP contribution in [0.1, 0.15) is 10.4 Å². The summed E-state index contributed by atoms with van der Waals surface area (Å²) in [6, 6.07) is 4.33. The lowest BCUT2D eigenvalue weighted by atomic mass is 10.1. The first-order valence-corrected chi connectivity index (χ1v) is 5.97. The summed E-state index contributed by atoms with van der Waals surface area (Å²) in [5, 5.41) is 0.306. The smallest absolute Gasteiger partial charge is 0.370 e. The number of ether oxygens (including phenoxy) is 1. The molecule has 8 heteroatoms. The first-order chi connectivity index (χ1) is 9.29. The zero-order valence-corrected chi connectivity index (χ0v) is 10.8. The maximum Gasteiger partial charge on any atom is 0.411 e. The Kier molecular flexibility index (Phi) is 4.01. The minimum atomic E-state index is -4.42. The highest BCUT2D eigenvalue weighted by Gasteiger charge is 2.36. The van der Waals surface area contributed by atoms with Gasteiger partial charge in [-0.2, -0.15) is 13.2 Å². The number of anilines is 1. The van der Waals surface area contributed by atoms with E-state index in [1.807, 2.05) is 0 Å². The second kappa shape index (κ2) is 5.41. The molecule has 0 spiro atoms. The van der Waals surface area contributed by atoms with Crippen molar-refractivity contribution in [2.45, 2.75) is 6.18 Å². The van der Waals surface area contributed by atoms with Crippen LogP contribution in [0.15, 0.2) is 18.2 Å². The summed E-state index contributed by atoms with van der Waals surface area (Å²) in [4.78, 5) is 24.5. The summed E-state index contributed by atoms with van der Waals surface area (Å²) in [6.07, 6.45) is -4.42. The highest BCUT2D eigenvalue weighted by atomic mass is 35.5. The second-order valence-electron chi connectivity index (χ2n) is 4.12. The molecule has 108 valence electrons. The van der Waals surface area contributed by atoms with E-state index < -0.39 is 24.5 Å². The van der Waals surface area contributed by atoms with E-state index in [1.165, 1.54) is 18.2 Å². The molecule has 1 aromatic carbocycles. The highest BCUT2D eigenvalue weighted by Crippen LogP contribution is 2.30. The molecule has 0 unspecified atom stereocenters. The van der Waals surface area contributed by atoms with Gasteiger partial charge < -0.3 is 9.64 Å². The van der Waals surface area contributed by atoms with Crippen LogP contribution in [-0.2, 0) is 9.53 Å². The Morgan fingerprint density at radius 1 is 1.25 bits per heavy atom. The summed E-state index contributed by atoms with van der Waals surface area (Å²) >= 11 is 5.73. The van der Waals surface area contributed by atoms with Crippen LogP contribution in [0, 0.1) is 0 Å². The van der Waals surface area contributed by atoms with Crippen molar-refractivity contribution in [3.63, 3.8) is 0 Å². The number of hydrogen-bond donors (Lipinski definition) is 0. The van der Waals surface area contributed by atoms with Gasteiger partial charge in [0, 0.05) is 11.6 Å². The summed E-state index contributed by atoms with van der Waals surface area (Å²) < 4.78 is 40.1. The van der Waals surface area contributed by atoms with Crippen LogP contribution in [0.25, 0.3) is 0 Å². The van der Waals surface area contributed by atoms with Crippen molar-refractivity contribution < 1.29 is 27.5 Å². The Hall–Kier alpha value is -1.60. The average Bonchev–Trinajstić information content (AvgIpc) is 2.58. The van der Waals surface area contributed by atoms with E-state index in [-0.39, 0.29) is 18.7 Å². The molecule has 4 nitrogen and oxygen atoms in total. The number of alkyl halides is 3. The summed E-state index contributed by atoms with van der Waals surface area (Å²) in [5.41, 5.74) is 0.485. The molecular weight excluding hydrogens is 299 g/mol. The van der Waals surface area contributed by atoms with Gasteiger partial charge in [-0.1, -0.05) is 11.6 Å². The molecule has 0 saturated heterocycles. The van der Waals surface area contributed by atoms with E-state index in [9.17, 15) is 22.8 Å². The lowest BCUT2D eigenvalue weighted by molar-refractivity contribution is -0.173. The number of hydrogen-bond acceptors (Lipinski definition) is 3. The lowest BCUT2D eigenvalue weighted by Crippen LogP contribution is -2.33. The average molecular weight is 308 g/mol. The highest BCUT2D eigenvalue weighted by molar-refractivity contribution is 6.52. The van der Waals surface area contributed by atoms with Gasteiger partial charge in [-0.05, 0) is 18.2 Å². The van der Waals surface area contributed by atoms with Crippen molar-refractivity contribution in [2.24, 2.45) is 0 Å². The number of fused-ring (bicyclic) bond motifs is 1. The Bertz CT molecular complexity index is 559. The number of rotatable bonds is 4. The van der Waals surface area contributed by atoms with Crippen LogP contribution in [0.4, 0.5) is 18.9 Å². The van der Waals surface area contributed by atoms with Crippen LogP contribution >= 0.6 is 11.6 Å². The molecule has 0 saturated carbocycles. The number of amides is 1. The van der Waals surface area contributed by atoms with Gasteiger partial charge in [0.25, 0.3) is 11.7 Å². The Labute approximate surface area is 117 Å². The fourth-order valence-corrected chi connectivity index (χ4v) is 2.01. The van der Waals surface area contributed by atoms with Gasteiger partial charge >= 0.3 is 6.18 Å². The molecule has 1 aliphatic heterocycles. The second-order valence-corrected chi connectivity index (χ2v) is 4.55. The minimum Gasteiger partial charge on any atom is -0.370 e. The fraction of sp³-hybridized carbons (Fsp3) is 0.333. The van der Waals surface area contributed by atoms with Crippen molar-refractivity contribution in [3.05, 3.63) is 28.8 Å². The molecule has 2 rings (SSSR count). The number of nitrogens with zero attached hydrogens (tertiary/aromatic N) is 1. The zero-order valence-electron chi connectivity index (χ0n) is 10.0. The van der Waals surface area contributed by atoms with Crippen LogP contribution in [0.2, 0.25) is 5.02 Å². The number of carbonyl (C=O) groups is 2. The Morgan fingerprint density at radius 2 is 1.95 bits per heavy atom. The number of halogens is 4. The van der Waals surface area contributed by atoms with Crippen molar-refractivity contribution in [1.29, 1.82) is 0 Å². The van der Waals surface area contributed by atoms with E-state index >= 15 is 0 Å². The zero-order chi connectivity index (χ0) is 14.9. The Morgan fingerprint density at radius 3 is 2.60 bits per heavy atom. The van der Waals surface area contributed by atoms with Crippen molar-refractivity contribution in [2.75, 3.05) is 24.7 Å². The summed E-state index contributed by atoms with van der Waals surface area (Å²) in [6.45, 7) is -1.84. The molecule has 0 atom stereocenters. The van der Waals surface area contributed by atoms with Crippen molar-refractivity contribution >= 4 is 29.0 Å². The number of Topliss-reactive ketones (excluding diaryl/α,β-unsaturated/α-hetero) is 1. The lowest BCUT2D eigenvalue weighted by Gasteiger charge is -2.16. The normalized spacial score (nSPS) is 14.9. The summed E-state index contributed by atoms with van der Waals surface area (Å²) in [7, 11) is 0. The van der Waals surface area contributed by atoms with Crippen LogP contribution in [0.3, 0.4) is 0 Å². The third-order valence-corrected chi connectivity index (χ3v) is 2.89. The molecular formula is C12H9ClF3NO3. The Balaban J connectivity index is 2.03. The molecule has 0 fully saturated rings. The van der Waals surface area contributed by atoms with Crippen molar-refractivity contribution in [1.82, 2.24) is 0 Å². The van der Waals surface area contributed by atoms with Gasteiger partial charge in [0.1, 0.15) is 6.61 Å². The molecule has 0 aliphatic carbocycles. The number of carbonyl (C=O) groups excluding carboxylic acids is 2. The van der Waals surface area contributed by atoms with Gasteiger partial charge in [-0.15, -0.1) is 0 Å². The topological polar surface area (TPSA) is 46.6 Å². The summed E-state index contributed by atoms with van der Waals surface area (Å²) in [5.74, 6) is -1.52. The molecule has 0 N–H and O–H groups in total. The molecule has 0 aromatic heterocycles. The molecule has 0 bridgehead atoms. The molecule has 1 heterocycles. The molecule has 1 aromatic rings. The van der Waals surface area contributed by atoms with Gasteiger partial charge in [0.05, 0.1) is 17.9 Å². The van der Waals surface area contributed by atoms with E-state index in [4.69, 9.17) is 11.6 Å². The maximum absolute atomic E-state index is 11.9. The largest absolute Gasteiger partial charge is 0.411 e. The van der Waals surface area contributed by atoms with Gasteiger partial charge in [0.2, 0.25) is 0 Å². The minimum absolute atomic E-state index is 0.130. The third-order valence-electron chi connectivity index (χ3n) is 2.66. The third kappa shape index (κ3) is 3.10. The van der Waals surface area contributed by atoms with E-state index in [2.05, 4.69) is 4.74 Å². The van der Waals surface area contributed by atoms with E-state index in [1.54, 1.807) is 0 Å². The van der Waals surface area contributed by atoms with Crippen molar-refractivity contribution in [3.8, 4) is 0 Å². The van der Waals surface area contributed by atoms with Gasteiger partial charge in [0.15, 0.2) is 0 Å². The van der Waals surface area contributed by atoms with E-state index in [0.29, 0.717) is 10.7 Å².